The first-order valence-electron chi connectivity index (χ1n) is 6.74. The zero-order valence-electron chi connectivity index (χ0n) is 11.1. The molecule has 2 unspecified atom stereocenters. The van der Waals surface area contributed by atoms with E-state index < -0.39 is 4.92 Å². The van der Waals surface area contributed by atoms with E-state index in [-0.39, 0.29) is 11.4 Å². The molecule has 0 radical (unpaired) electrons. The maximum Gasteiger partial charge on any atom is 0.330 e. The highest BCUT2D eigenvalue weighted by Crippen LogP contribution is 2.36. The highest BCUT2D eigenvalue weighted by atomic mass is 79.9. The predicted molar refractivity (Wildman–Crippen MR) is 78.6 cm³/mol. The van der Waals surface area contributed by atoms with Gasteiger partial charge in [-0.2, -0.15) is 0 Å². The Morgan fingerprint density at radius 2 is 2.10 bits per heavy atom. The van der Waals surface area contributed by atoms with Crippen molar-refractivity contribution >= 4 is 21.6 Å². The van der Waals surface area contributed by atoms with Gasteiger partial charge in [0.05, 0.1) is 16.0 Å². The van der Waals surface area contributed by atoms with Crippen molar-refractivity contribution in [2.24, 2.45) is 17.6 Å². The van der Waals surface area contributed by atoms with Crippen molar-refractivity contribution in [1.82, 2.24) is 4.98 Å². The van der Waals surface area contributed by atoms with E-state index in [1.807, 2.05) is 0 Å². The van der Waals surface area contributed by atoms with E-state index in [4.69, 9.17) is 10.5 Å². The number of rotatable bonds is 5. The largest absolute Gasteiger partial charge is 0.486 e. The van der Waals surface area contributed by atoms with Gasteiger partial charge < -0.3 is 10.5 Å². The van der Waals surface area contributed by atoms with Gasteiger partial charge in [-0.05, 0) is 47.2 Å². The van der Waals surface area contributed by atoms with Gasteiger partial charge in [0.1, 0.15) is 6.20 Å². The van der Waals surface area contributed by atoms with E-state index >= 15 is 0 Å². The highest BCUT2D eigenvalue weighted by Gasteiger charge is 2.26. The Morgan fingerprint density at radius 3 is 2.75 bits per heavy atom. The molecule has 1 heterocycles. The summed E-state index contributed by atoms with van der Waals surface area (Å²) in [5.41, 5.74) is 5.68. The molecule has 20 heavy (non-hydrogen) atoms. The molecule has 2 atom stereocenters. The molecule has 0 bridgehead atoms. The summed E-state index contributed by atoms with van der Waals surface area (Å²) in [6.45, 7) is 1.11. The van der Waals surface area contributed by atoms with Crippen molar-refractivity contribution in [1.29, 1.82) is 0 Å². The van der Waals surface area contributed by atoms with Gasteiger partial charge in [0.2, 0.25) is 5.75 Å². The molecule has 110 valence electrons. The minimum Gasteiger partial charge on any atom is -0.486 e. The quantitative estimate of drug-likeness (QED) is 0.655. The van der Waals surface area contributed by atoms with Gasteiger partial charge in [-0.1, -0.05) is 12.8 Å². The monoisotopic (exact) mass is 343 g/mol. The van der Waals surface area contributed by atoms with Crippen molar-refractivity contribution in [3.63, 3.8) is 0 Å². The summed E-state index contributed by atoms with van der Waals surface area (Å²) in [6.07, 6.45) is 7.27. The van der Waals surface area contributed by atoms with Crippen LogP contribution in [0.4, 0.5) is 5.69 Å². The molecule has 1 aliphatic rings. The molecule has 1 aliphatic carbocycles. The third-order valence-electron chi connectivity index (χ3n) is 3.84. The van der Waals surface area contributed by atoms with Gasteiger partial charge in [-0.25, -0.2) is 0 Å². The smallest absolute Gasteiger partial charge is 0.330 e. The van der Waals surface area contributed by atoms with Crippen LogP contribution in [0.2, 0.25) is 0 Å². The van der Waals surface area contributed by atoms with Crippen LogP contribution < -0.4 is 10.5 Å². The molecule has 0 saturated heterocycles. The van der Waals surface area contributed by atoms with Crippen LogP contribution in [0.1, 0.15) is 25.7 Å². The second kappa shape index (κ2) is 6.99. The van der Waals surface area contributed by atoms with E-state index in [9.17, 15) is 10.1 Å². The molecule has 0 amide bonds. The average Bonchev–Trinajstić information content (AvgIpc) is 2.46. The van der Waals surface area contributed by atoms with Crippen molar-refractivity contribution in [2.75, 3.05) is 13.2 Å². The normalized spacial score (nSPS) is 22.5. The summed E-state index contributed by atoms with van der Waals surface area (Å²) in [7, 11) is 0. The van der Waals surface area contributed by atoms with E-state index in [0.29, 0.717) is 29.5 Å². The molecular formula is C13H18BrN3O3. The summed E-state index contributed by atoms with van der Waals surface area (Å²) in [4.78, 5) is 14.3. The Balaban J connectivity index is 2.08. The summed E-state index contributed by atoms with van der Waals surface area (Å²) in [6, 6.07) is 0. The van der Waals surface area contributed by atoms with Gasteiger partial charge in [0, 0.05) is 6.20 Å². The van der Waals surface area contributed by atoms with E-state index in [1.165, 1.54) is 25.2 Å². The van der Waals surface area contributed by atoms with Crippen molar-refractivity contribution in [3.05, 3.63) is 27.0 Å². The minimum atomic E-state index is -0.478. The van der Waals surface area contributed by atoms with Gasteiger partial charge in [-0.15, -0.1) is 0 Å². The van der Waals surface area contributed by atoms with Crippen LogP contribution in [0, 0.1) is 22.0 Å². The van der Waals surface area contributed by atoms with Gasteiger partial charge in [0.15, 0.2) is 0 Å². The number of nitrogens with zero attached hydrogens (tertiary/aromatic N) is 2. The molecular weight excluding hydrogens is 326 g/mol. The minimum absolute atomic E-state index is 0.112. The predicted octanol–water partition coefficient (Wildman–Crippen LogP) is 2.90. The summed E-state index contributed by atoms with van der Waals surface area (Å²) in [5, 5.41) is 11.0. The fourth-order valence-corrected chi connectivity index (χ4v) is 3.13. The topological polar surface area (TPSA) is 91.3 Å². The van der Waals surface area contributed by atoms with Crippen LogP contribution >= 0.6 is 15.9 Å². The van der Waals surface area contributed by atoms with E-state index in [1.54, 1.807) is 0 Å². The zero-order valence-corrected chi connectivity index (χ0v) is 12.7. The SMILES string of the molecule is NCC1CCCCC1COc1c(Br)cncc1[N+](=O)[O-]. The number of hydrogen-bond acceptors (Lipinski definition) is 5. The van der Waals surface area contributed by atoms with Crippen LogP contribution in [0.25, 0.3) is 0 Å². The maximum absolute atomic E-state index is 11.0. The van der Waals surface area contributed by atoms with Gasteiger partial charge in [-0.3, -0.25) is 15.1 Å². The van der Waals surface area contributed by atoms with Crippen molar-refractivity contribution in [3.8, 4) is 5.75 Å². The number of nitrogens with two attached hydrogens (primary N) is 1. The third kappa shape index (κ3) is 3.46. The average molecular weight is 344 g/mol. The number of halogens is 1. The first kappa shape index (κ1) is 15.2. The Bertz CT molecular complexity index is 484. The lowest BCUT2D eigenvalue weighted by molar-refractivity contribution is -0.386. The summed E-state index contributed by atoms with van der Waals surface area (Å²) < 4.78 is 6.22. The van der Waals surface area contributed by atoms with Crippen molar-refractivity contribution < 1.29 is 9.66 Å². The molecule has 2 N–H and O–H groups in total. The Hall–Kier alpha value is -1.21. The fourth-order valence-electron chi connectivity index (χ4n) is 2.69. The van der Waals surface area contributed by atoms with Crippen LogP contribution in [0.15, 0.2) is 16.9 Å². The Morgan fingerprint density at radius 1 is 1.40 bits per heavy atom. The molecule has 7 heteroatoms. The lowest BCUT2D eigenvalue weighted by Gasteiger charge is -2.30. The molecule has 2 rings (SSSR count). The molecule has 0 aromatic carbocycles. The second-order valence-corrected chi connectivity index (χ2v) is 5.93. The number of nitro groups is 1. The zero-order chi connectivity index (χ0) is 14.5. The van der Waals surface area contributed by atoms with Gasteiger partial charge in [0.25, 0.3) is 0 Å². The standard InChI is InChI=1S/C13H18BrN3O3/c14-11-6-16-7-12(17(18)19)13(11)20-8-10-4-2-1-3-9(10)5-15/h6-7,9-10H,1-5,8,15H2. The number of hydrogen-bond donors (Lipinski definition) is 1. The highest BCUT2D eigenvalue weighted by molar-refractivity contribution is 9.10. The Labute approximate surface area is 126 Å². The summed E-state index contributed by atoms with van der Waals surface area (Å²) >= 11 is 3.26. The third-order valence-corrected chi connectivity index (χ3v) is 4.41. The van der Waals surface area contributed by atoms with Crippen molar-refractivity contribution in [2.45, 2.75) is 25.7 Å². The Kier molecular flexibility index (Phi) is 5.31. The molecule has 1 fully saturated rings. The molecule has 1 aromatic heterocycles. The number of pyridine rings is 1. The lowest BCUT2D eigenvalue weighted by atomic mass is 9.80. The molecule has 0 aliphatic heterocycles. The van der Waals surface area contributed by atoms with Crippen LogP contribution in [0.5, 0.6) is 5.75 Å². The second-order valence-electron chi connectivity index (χ2n) is 5.08. The maximum atomic E-state index is 11.0. The van der Waals surface area contributed by atoms with Gasteiger partial charge >= 0.3 is 5.69 Å². The van der Waals surface area contributed by atoms with E-state index in [0.717, 1.165) is 12.8 Å². The van der Waals surface area contributed by atoms with Crippen LogP contribution in [-0.4, -0.2) is 23.1 Å². The molecule has 1 saturated carbocycles. The fraction of sp³-hybridized carbons (Fsp3) is 0.615. The lowest BCUT2D eigenvalue weighted by Crippen LogP contribution is -2.30. The van der Waals surface area contributed by atoms with Crippen LogP contribution in [-0.2, 0) is 0 Å². The molecule has 0 spiro atoms. The van der Waals surface area contributed by atoms with E-state index in [2.05, 4.69) is 20.9 Å². The number of aromatic nitrogens is 1. The molecule has 6 nitrogen and oxygen atoms in total. The first-order valence-corrected chi connectivity index (χ1v) is 7.53. The number of ether oxygens (including phenoxy) is 1. The summed E-state index contributed by atoms with van der Waals surface area (Å²) in [5.74, 6) is 1.07. The van der Waals surface area contributed by atoms with Crippen LogP contribution in [0.3, 0.4) is 0 Å². The first-order chi connectivity index (χ1) is 9.63. The molecule has 1 aromatic rings.